The van der Waals surface area contributed by atoms with Gasteiger partial charge in [-0.05, 0) is 24.9 Å². The summed E-state index contributed by atoms with van der Waals surface area (Å²) in [7, 11) is 0. The van der Waals surface area contributed by atoms with Crippen molar-refractivity contribution in [2.24, 2.45) is 0 Å². The molecule has 1 N–H and O–H groups in total. The van der Waals surface area contributed by atoms with Crippen molar-refractivity contribution in [3.05, 3.63) is 53.3 Å². The molecule has 100 valence electrons. The van der Waals surface area contributed by atoms with Gasteiger partial charge in [0, 0.05) is 23.7 Å². The Morgan fingerprint density at radius 3 is 2.74 bits per heavy atom. The predicted molar refractivity (Wildman–Crippen MR) is 77.1 cm³/mol. The zero-order chi connectivity index (χ0) is 13.1. The average Bonchev–Trinajstić information content (AvgIpc) is 3.20. The van der Waals surface area contributed by atoms with Crippen LogP contribution in [0.5, 0.6) is 0 Å². The summed E-state index contributed by atoms with van der Waals surface area (Å²) in [6, 6.07) is 10.6. The summed E-state index contributed by atoms with van der Waals surface area (Å²) in [5.74, 6) is 0.736. The third kappa shape index (κ3) is 2.87. The fourth-order valence-electron chi connectivity index (χ4n) is 2.54. The molecule has 0 radical (unpaired) electrons. The minimum atomic E-state index is 0.736. The van der Waals surface area contributed by atoms with E-state index in [1.54, 1.807) is 0 Å². The van der Waals surface area contributed by atoms with Gasteiger partial charge in [0.2, 0.25) is 0 Å². The van der Waals surface area contributed by atoms with Gasteiger partial charge in [0.05, 0.1) is 12.7 Å². The Kier molecular flexibility index (Phi) is 3.65. The molecule has 0 bridgehead atoms. The SMILES string of the molecule is CCNCc1cnn(Cc2ccccc2)c1C1CC1. The molecule has 0 atom stereocenters. The van der Waals surface area contributed by atoms with Crippen LogP contribution in [0.1, 0.15) is 42.5 Å². The lowest BCUT2D eigenvalue weighted by Gasteiger charge is -2.09. The van der Waals surface area contributed by atoms with Crippen LogP contribution in [0.15, 0.2) is 36.5 Å². The summed E-state index contributed by atoms with van der Waals surface area (Å²) in [5.41, 5.74) is 4.15. The second-order valence-electron chi connectivity index (χ2n) is 5.25. The van der Waals surface area contributed by atoms with E-state index in [1.807, 2.05) is 6.20 Å². The van der Waals surface area contributed by atoms with Crippen molar-refractivity contribution in [2.75, 3.05) is 6.54 Å². The molecule has 3 nitrogen and oxygen atoms in total. The molecule has 0 unspecified atom stereocenters. The first kappa shape index (κ1) is 12.4. The lowest BCUT2D eigenvalue weighted by molar-refractivity contribution is 0.639. The van der Waals surface area contributed by atoms with E-state index >= 15 is 0 Å². The van der Waals surface area contributed by atoms with E-state index in [9.17, 15) is 0 Å². The number of benzene rings is 1. The maximum Gasteiger partial charge on any atom is 0.0662 e. The normalized spacial score (nSPS) is 14.8. The van der Waals surface area contributed by atoms with Crippen LogP contribution in [0.3, 0.4) is 0 Å². The van der Waals surface area contributed by atoms with Crippen LogP contribution >= 0.6 is 0 Å². The monoisotopic (exact) mass is 255 g/mol. The molecule has 1 aliphatic rings. The molecule has 1 fully saturated rings. The second-order valence-corrected chi connectivity index (χ2v) is 5.25. The van der Waals surface area contributed by atoms with Gasteiger partial charge in [0.15, 0.2) is 0 Å². The van der Waals surface area contributed by atoms with Gasteiger partial charge in [0.1, 0.15) is 0 Å². The largest absolute Gasteiger partial charge is 0.313 e. The van der Waals surface area contributed by atoms with Crippen molar-refractivity contribution in [1.29, 1.82) is 0 Å². The molecule has 1 aliphatic carbocycles. The fraction of sp³-hybridized carbons (Fsp3) is 0.438. The number of rotatable bonds is 6. The zero-order valence-electron chi connectivity index (χ0n) is 11.5. The van der Waals surface area contributed by atoms with Gasteiger partial charge < -0.3 is 5.32 Å². The van der Waals surface area contributed by atoms with Crippen molar-refractivity contribution in [2.45, 2.75) is 38.8 Å². The highest BCUT2D eigenvalue weighted by Gasteiger charge is 2.29. The fourth-order valence-corrected chi connectivity index (χ4v) is 2.54. The smallest absolute Gasteiger partial charge is 0.0662 e. The number of aromatic nitrogens is 2. The van der Waals surface area contributed by atoms with Gasteiger partial charge in [-0.15, -0.1) is 0 Å². The predicted octanol–water partition coefficient (Wildman–Crippen LogP) is 2.92. The average molecular weight is 255 g/mol. The Hall–Kier alpha value is -1.61. The Morgan fingerprint density at radius 1 is 1.26 bits per heavy atom. The molecule has 0 saturated heterocycles. The van der Waals surface area contributed by atoms with Crippen LogP contribution in [0.4, 0.5) is 0 Å². The van der Waals surface area contributed by atoms with Crippen LogP contribution < -0.4 is 5.32 Å². The lowest BCUT2D eigenvalue weighted by Crippen LogP contribution is -2.13. The molecule has 1 heterocycles. The third-order valence-electron chi connectivity index (χ3n) is 3.66. The van der Waals surface area contributed by atoms with Crippen molar-refractivity contribution in [3.63, 3.8) is 0 Å². The molecule has 19 heavy (non-hydrogen) atoms. The molecule has 1 aromatic heterocycles. The quantitative estimate of drug-likeness (QED) is 0.860. The maximum absolute atomic E-state index is 4.60. The summed E-state index contributed by atoms with van der Waals surface area (Å²) in [6.45, 7) is 4.98. The zero-order valence-corrected chi connectivity index (χ0v) is 11.5. The lowest BCUT2D eigenvalue weighted by atomic mass is 10.1. The van der Waals surface area contributed by atoms with Crippen LogP contribution in [-0.4, -0.2) is 16.3 Å². The molecule has 0 spiro atoms. The van der Waals surface area contributed by atoms with E-state index in [0.717, 1.165) is 25.6 Å². The van der Waals surface area contributed by atoms with Gasteiger partial charge >= 0.3 is 0 Å². The summed E-state index contributed by atoms with van der Waals surface area (Å²) in [5, 5.41) is 8.01. The van der Waals surface area contributed by atoms with E-state index in [-0.39, 0.29) is 0 Å². The van der Waals surface area contributed by atoms with E-state index in [0.29, 0.717) is 0 Å². The number of hydrogen-bond acceptors (Lipinski definition) is 2. The van der Waals surface area contributed by atoms with Crippen LogP contribution in [-0.2, 0) is 13.1 Å². The van der Waals surface area contributed by atoms with Crippen LogP contribution in [0.2, 0.25) is 0 Å². The molecular weight excluding hydrogens is 234 g/mol. The standard InChI is InChI=1S/C16H21N3/c1-2-17-10-15-11-18-19(16(15)14-8-9-14)12-13-6-4-3-5-7-13/h3-7,11,14,17H,2,8-10,12H2,1H3. The van der Waals surface area contributed by atoms with Crippen LogP contribution in [0, 0.1) is 0 Å². The van der Waals surface area contributed by atoms with E-state index in [4.69, 9.17) is 0 Å². The Bertz CT molecular complexity index is 526. The first-order valence-electron chi connectivity index (χ1n) is 7.17. The van der Waals surface area contributed by atoms with Crippen molar-refractivity contribution in [1.82, 2.24) is 15.1 Å². The van der Waals surface area contributed by atoms with Gasteiger partial charge in [-0.2, -0.15) is 5.10 Å². The number of nitrogens with one attached hydrogen (secondary N) is 1. The summed E-state index contributed by atoms with van der Waals surface area (Å²) >= 11 is 0. The molecule has 3 rings (SSSR count). The van der Waals surface area contributed by atoms with Crippen molar-refractivity contribution >= 4 is 0 Å². The van der Waals surface area contributed by atoms with Gasteiger partial charge in [0.25, 0.3) is 0 Å². The minimum Gasteiger partial charge on any atom is -0.313 e. The highest BCUT2D eigenvalue weighted by atomic mass is 15.3. The van der Waals surface area contributed by atoms with Crippen LogP contribution in [0.25, 0.3) is 0 Å². The molecule has 0 aliphatic heterocycles. The first-order chi connectivity index (χ1) is 9.38. The van der Waals surface area contributed by atoms with Gasteiger partial charge in [-0.3, -0.25) is 4.68 Å². The van der Waals surface area contributed by atoms with Crippen molar-refractivity contribution in [3.8, 4) is 0 Å². The topological polar surface area (TPSA) is 29.9 Å². The molecule has 2 aromatic rings. The maximum atomic E-state index is 4.60. The molecule has 3 heteroatoms. The van der Waals surface area contributed by atoms with Gasteiger partial charge in [-0.1, -0.05) is 37.3 Å². The number of hydrogen-bond donors (Lipinski definition) is 1. The summed E-state index contributed by atoms with van der Waals surface area (Å²) in [4.78, 5) is 0. The number of nitrogens with zero attached hydrogens (tertiary/aromatic N) is 2. The molecular formula is C16H21N3. The Morgan fingerprint density at radius 2 is 2.05 bits per heavy atom. The highest BCUT2D eigenvalue weighted by Crippen LogP contribution is 2.41. The summed E-state index contributed by atoms with van der Waals surface area (Å²) < 4.78 is 2.19. The third-order valence-corrected chi connectivity index (χ3v) is 3.66. The molecule has 0 amide bonds. The first-order valence-corrected chi connectivity index (χ1v) is 7.17. The van der Waals surface area contributed by atoms with E-state index in [2.05, 4.69) is 52.4 Å². The Labute approximate surface area is 114 Å². The van der Waals surface area contributed by atoms with E-state index in [1.165, 1.54) is 29.7 Å². The highest BCUT2D eigenvalue weighted by molar-refractivity contribution is 5.27. The Balaban J connectivity index is 1.82. The molecule has 1 saturated carbocycles. The van der Waals surface area contributed by atoms with Gasteiger partial charge in [-0.25, -0.2) is 0 Å². The van der Waals surface area contributed by atoms with Crippen molar-refractivity contribution < 1.29 is 0 Å². The van der Waals surface area contributed by atoms with E-state index < -0.39 is 0 Å². The summed E-state index contributed by atoms with van der Waals surface area (Å²) in [6.07, 6.45) is 4.68. The second kappa shape index (κ2) is 5.57. The molecule has 1 aromatic carbocycles. The minimum absolute atomic E-state index is 0.736.